The van der Waals surface area contributed by atoms with Gasteiger partial charge in [-0.3, -0.25) is 0 Å². The third-order valence-electron chi connectivity index (χ3n) is 1.31. The zero-order valence-corrected chi connectivity index (χ0v) is 7.83. The van der Waals surface area contributed by atoms with Crippen LogP contribution in [0.2, 0.25) is 0 Å². The molecule has 0 atom stereocenters. The van der Waals surface area contributed by atoms with E-state index in [1.54, 1.807) is 0 Å². The maximum Gasteiger partial charge on any atom is 0.00989 e. The first kappa shape index (κ1) is 11.2. The molecular weight excluding hydrogens is 156 g/mol. The highest BCUT2D eigenvalue weighted by molar-refractivity contribution is 5.38. The van der Waals surface area contributed by atoms with Crippen molar-refractivity contribution in [2.75, 3.05) is 0 Å². The maximum atomic E-state index is 6.47. The smallest absolute Gasteiger partial charge is 0.00989 e. The number of hydrogen-bond acceptors (Lipinski definition) is 0. The molecule has 0 amide bonds. The van der Waals surface area contributed by atoms with E-state index in [1.807, 2.05) is 5.92 Å². The average Bonchev–Trinajstić information content (AvgIpc) is 2.16. The molecule has 0 aliphatic heterocycles. The summed E-state index contributed by atoms with van der Waals surface area (Å²) in [5.41, 5.74) is 0. The van der Waals surface area contributed by atoms with Gasteiger partial charge in [0.15, 0.2) is 0 Å². The molecule has 13 heavy (non-hydrogen) atoms. The SMILES string of the molecule is [C]#CC#CC#CC#CCCCCC. The van der Waals surface area contributed by atoms with Gasteiger partial charge in [0.2, 0.25) is 0 Å². The molecule has 0 saturated carbocycles. The standard InChI is InChI=1S/C13H11/c1-3-5-7-9-11-13-12-10-8-6-4-2/h3,5,7,9H2,1H3. The lowest BCUT2D eigenvalue weighted by atomic mass is 10.2. The van der Waals surface area contributed by atoms with Gasteiger partial charge in [-0.15, -0.1) is 0 Å². The number of unbranched alkanes of at least 4 members (excludes halogenated alkanes) is 3. The van der Waals surface area contributed by atoms with Crippen LogP contribution in [0.4, 0.5) is 0 Å². The normalized spacial score (nSPS) is 6.15. The molecule has 0 aromatic carbocycles. The Bertz CT molecular complexity index is 333. The Morgan fingerprint density at radius 2 is 1.62 bits per heavy atom. The van der Waals surface area contributed by atoms with Crippen molar-refractivity contribution in [2.45, 2.75) is 32.6 Å². The summed E-state index contributed by atoms with van der Waals surface area (Å²) < 4.78 is 0. The Labute approximate surface area is 81.1 Å². The summed E-state index contributed by atoms with van der Waals surface area (Å²) in [6.07, 6.45) is 11.0. The van der Waals surface area contributed by atoms with E-state index in [0.29, 0.717) is 0 Å². The Morgan fingerprint density at radius 3 is 2.31 bits per heavy atom. The molecule has 0 unspecified atom stereocenters. The molecular formula is C13H11. The quantitative estimate of drug-likeness (QED) is 0.446. The summed E-state index contributed by atoms with van der Waals surface area (Å²) in [6, 6.07) is 0. The van der Waals surface area contributed by atoms with Crippen LogP contribution < -0.4 is 0 Å². The van der Waals surface area contributed by atoms with E-state index < -0.39 is 0 Å². The van der Waals surface area contributed by atoms with Crippen LogP contribution in [0, 0.1) is 47.9 Å². The van der Waals surface area contributed by atoms with Crippen molar-refractivity contribution in [3.05, 3.63) is 6.42 Å². The third-order valence-corrected chi connectivity index (χ3v) is 1.31. The Kier molecular flexibility index (Phi) is 8.85. The Balaban J connectivity index is 3.60. The number of hydrogen-bond donors (Lipinski definition) is 0. The topological polar surface area (TPSA) is 0 Å². The van der Waals surface area contributed by atoms with Crippen LogP contribution in [0.5, 0.6) is 0 Å². The van der Waals surface area contributed by atoms with Crippen LogP contribution in [0.1, 0.15) is 32.6 Å². The van der Waals surface area contributed by atoms with Crippen LogP contribution >= 0.6 is 0 Å². The molecule has 0 rings (SSSR count). The summed E-state index contributed by atoms with van der Waals surface area (Å²) in [5.74, 6) is 17.4. The Morgan fingerprint density at radius 1 is 0.923 bits per heavy atom. The molecule has 0 aliphatic carbocycles. The van der Waals surface area contributed by atoms with Crippen LogP contribution in [0.25, 0.3) is 0 Å². The number of rotatable bonds is 3. The van der Waals surface area contributed by atoms with Crippen LogP contribution in [0.3, 0.4) is 0 Å². The van der Waals surface area contributed by atoms with E-state index >= 15 is 0 Å². The first-order valence-electron chi connectivity index (χ1n) is 4.31. The van der Waals surface area contributed by atoms with Gasteiger partial charge in [-0.1, -0.05) is 25.7 Å². The van der Waals surface area contributed by atoms with Crippen LogP contribution in [-0.4, -0.2) is 0 Å². The van der Waals surface area contributed by atoms with Crippen molar-refractivity contribution in [3.63, 3.8) is 0 Å². The summed E-state index contributed by atoms with van der Waals surface area (Å²) >= 11 is 0. The van der Waals surface area contributed by atoms with E-state index in [9.17, 15) is 0 Å². The van der Waals surface area contributed by atoms with Crippen molar-refractivity contribution in [3.8, 4) is 41.4 Å². The van der Waals surface area contributed by atoms with Crippen LogP contribution in [0.15, 0.2) is 0 Å². The predicted molar refractivity (Wildman–Crippen MR) is 54.6 cm³/mol. The van der Waals surface area contributed by atoms with E-state index in [-0.39, 0.29) is 0 Å². The molecule has 0 spiro atoms. The highest BCUT2D eigenvalue weighted by atomic mass is 13.8. The van der Waals surface area contributed by atoms with Gasteiger partial charge in [0.05, 0.1) is 0 Å². The van der Waals surface area contributed by atoms with E-state index in [2.05, 4.69) is 42.4 Å². The summed E-state index contributed by atoms with van der Waals surface area (Å²) in [5, 5.41) is 0. The zero-order valence-electron chi connectivity index (χ0n) is 7.83. The first-order valence-corrected chi connectivity index (χ1v) is 4.31. The van der Waals surface area contributed by atoms with Gasteiger partial charge in [-0.05, 0) is 48.4 Å². The van der Waals surface area contributed by atoms with E-state index in [0.717, 1.165) is 12.8 Å². The minimum atomic E-state index is 0.909. The van der Waals surface area contributed by atoms with Gasteiger partial charge in [0.1, 0.15) is 0 Å². The second-order valence-corrected chi connectivity index (χ2v) is 2.38. The second-order valence-electron chi connectivity index (χ2n) is 2.38. The molecule has 0 fully saturated rings. The lowest BCUT2D eigenvalue weighted by Gasteiger charge is -1.86. The molecule has 0 aliphatic rings. The third kappa shape index (κ3) is 10.2. The van der Waals surface area contributed by atoms with Gasteiger partial charge in [0.25, 0.3) is 0 Å². The molecule has 0 heterocycles. The molecule has 0 N–H and O–H groups in total. The average molecular weight is 167 g/mol. The van der Waals surface area contributed by atoms with Gasteiger partial charge in [-0.25, -0.2) is 0 Å². The lowest BCUT2D eigenvalue weighted by molar-refractivity contribution is 0.737. The molecule has 0 aromatic heterocycles. The maximum absolute atomic E-state index is 6.47. The second kappa shape index (κ2) is 10.2. The van der Waals surface area contributed by atoms with Crippen LogP contribution in [-0.2, 0) is 0 Å². The van der Waals surface area contributed by atoms with Gasteiger partial charge >= 0.3 is 0 Å². The minimum absolute atomic E-state index is 0.909. The van der Waals surface area contributed by atoms with Crippen molar-refractivity contribution in [1.29, 1.82) is 0 Å². The van der Waals surface area contributed by atoms with Gasteiger partial charge in [-0.2, -0.15) is 0 Å². The molecule has 0 saturated heterocycles. The monoisotopic (exact) mass is 167 g/mol. The van der Waals surface area contributed by atoms with Crippen molar-refractivity contribution < 1.29 is 0 Å². The fraction of sp³-hybridized carbons (Fsp3) is 0.385. The summed E-state index contributed by atoms with van der Waals surface area (Å²) in [7, 11) is 0. The Hall–Kier alpha value is -1.76. The van der Waals surface area contributed by atoms with Crippen molar-refractivity contribution >= 4 is 0 Å². The molecule has 0 bridgehead atoms. The van der Waals surface area contributed by atoms with Crippen molar-refractivity contribution in [2.24, 2.45) is 0 Å². The lowest BCUT2D eigenvalue weighted by Crippen LogP contribution is -1.70. The van der Waals surface area contributed by atoms with E-state index in [1.165, 1.54) is 12.8 Å². The fourth-order valence-electron chi connectivity index (χ4n) is 0.695. The fourth-order valence-corrected chi connectivity index (χ4v) is 0.695. The highest BCUT2D eigenvalue weighted by Gasteiger charge is 1.79. The minimum Gasteiger partial charge on any atom is -0.0891 e. The molecule has 0 nitrogen and oxygen atoms in total. The molecule has 0 heteroatoms. The zero-order chi connectivity index (χ0) is 9.78. The van der Waals surface area contributed by atoms with E-state index in [4.69, 9.17) is 6.42 Å². The summed E-state index contributed by atoms with van der Waals surface area (Å²) in [4.78, 5) is 0. The van der Waals surface area contributed by atoms with Crippen molar-refractivity contribution in [1.82, 2.24) is 0 Å². The first-order chi connectivity index (χ1) is 6.41. The van der Waals surface area contributed by atoms with Gasteiger partial charge in [0, 0.05) is 6.42 Å². The predicted octanol–water partition coefficient (Wildman–Crippen LogP) is 2.17. The molecule has 63 valence electrons. The highest BCUT2D eigenvalue weighted by Crippen LogP contribution is 1.96. The van der Waals surface area contributed by atoms with Gasteiger partial charge < -0.3 is 0 Å². The largest absolute Gasteiger partial charge is 0.0891 e. The molecule has 0 aromatic rings. The summed E-state index contributed by atoms with van der Waals surface area (Å²) in [6.45, 7) is 2.16. The molecule has 1 radical (unpaired) electrons.